The molecule has 0 saturated carbocycles. The van der Waals surface area contributed by atoms with Crippen molar-refractivity contribution >= 4 is 11.6 Å². The molecule has 2 heterocycles. The molecule has 0 spiro atoms. The van der Waals surface area contributed by atoms with Crippen molar-refractivity contribution in [2.24, 2.45) is 5.92 Å². The molecule has 1 aromatic rings. The van der Waals surface area contributed by atoms with Gasteiger partial charge in [0.1, 0.15) is 11.6 Å². The first kappa shape index (κ1) is 14.4. The van der Waals surface area contributed by atoms with Crippen LogP contribution in [0, 0.1) is 17.6 Å². The van der Waals surface area contributed by atoms with Gasteiger partial charge in [-0.05, 0) is 37.4 Å². The van der Waals surface area contributed by atoms with Crippen molar-refractivity contribution < 1.29 is 13.6 Å². The third-order valence-corrected chi connectivity index (χ3v) is 4.25. The second kappa shape index (κ2) is 6.07. The molecule has 6 heteroatoms. The van der Waals surface area contributed by atoms with Gasteiger partial charge < -0.3 is 10.6 Å². The third kappa shape index (κ3) is 3.39. The maximum Gasteiger partial charge on any atom is 0.238 e. The van der Waals surface area contributed by atoms with E-state index in [1.54, 1.807) is 0 Å². The molecule has 2 aliphatic heterocycles. The van der Waals surface area contributed by atoms with Gasteiger partial charge in [0, 0.05) is 25.2 Å². The molecule has 2 atom stereocenters. The van der Waals surface area contributed by atoms with Crippen molar-refractivity contribution in [1.82, 2.24) is 10.2 Å². The zero-order valence-corrected chi connectivity index (χ0v) is 11.7. The van der Waals surface area contributed by atoms with Crippen LogP contribution in [0.15, 0.2) is 18.2 Å². The summed E-state index contributed by atoms with van der Waals surface area (Å²) in [5.41, 5.74) is 0.0242. The van der Waals surface area contributed by atoms with E-state index in [4.69, 9.17) is 0 Å². The predicted molar refractivity (Wildman–Crippen MR) is 75.9 cm³/mol. The first-order chi connectivity index (χ1) is 10.1. The number of piperidine rings is 1. The summed E-state index contributed by atoms with van der Waals surface area (Å²) < 4.78 is 26.3. The van der Waals surface area contributed by atoms with Crippen LogP contribution in [0.2, 0.25) is 0 Å². The van der Waals surface area contributed by atoms with Gasteiger partial charge in [-0.3, -0.25) is 9.69 Å². The summed E-state index contributed by atoms with van der Waals surface area (Å²) in [5, 5.41) is 5.98. The lowest BCUT2D eigenvalue weighted by Crippen LogP contribution is -2.41. The Morgan fingerprint density at radius 1 is 1.38 bits per heavy atom. The number of halogens is 2. The molecule has 1 amide bonds. The molecule has 0 radical (unpaired) electrons. The summed E-state index contributed by atoms with van der Waals surface area (Å²) in [6.07, 6.45) is 2.38. The number of nitrogens with zero attached hydrogens (tertiary/aromatic N) is 1. The first-order valence-electron chi connectivity index (χ1n) is 7.32. The van der Waals surface area contributed by atoms with Gasteiger partial charge in [0.05, 0.1) is 12.2 Å². The van der Waals surface area contributed by atoms with Gasteiger partial charge in [-0.25, -0.2) is 8.78 Å². The number of benzene rings is 1. The number of amides is 1. The molecule has 0 aliphatic carbocycles. The Morgan fingerprint density at radius 2 is 2.24 bits per heavy atom. The maximum absolute atomic E-state index is 13.5. The molecular weight excluding hydrogens is 276 g/mol. The summed E-state index contributed by atoms with van der Waals surface area (Å²) >= 11 is 0. The molecule has 2 saturated heterocycles. The van der Waals surface area contributed by atoms with Crippen molar-refractivity contribution in [2.75, 3.05) is 31.5 Å². The SMILES string of the molecule is O=C(CN1C[C@@H]2CCCN[C@@H]2C1)Nc1ccc(F)cc1F. The van der Waals surface area contributed by atoms with Crippen LogP contribution in [0.3, 0.4) is 0 Å². The number of fused-ring (bicyclic) bond motifs is 1. The van der Waals surface area contributed by atoms with E-state index in [1.165, 1.54) is 18.9 Å². The highest BCUT2D eigenvalue weighted by atomic mass is 19.1. The smallest absolute Gasteiger partial charge is 0.238 e. The van der Waals surface area contributed by atoms with Gasteiger partial charge in [0.2, 0.25) is 5.91 Å². The van der Waals surface area contributed by atoms with Crippen molar-refractivity contribution in [3.8, 4) is 0 Å². The van der Waals surface area contributed by atoms with E-state index >= 15 is 0 Å². The highest BCUT2D eigenvalue weighted by molar-refractivity contribution is 5.92. The Labute approximate surface area is 122 Å². The molecular formula is C15H19F2N3O. The summed E-state index contributed by atoms with van der Waals surface area (Å²) in [5.74, 6) is -1.06. The Morgan fingerprint density at radius 3 is 3.00 bits per heavy atom. The summed E-state index contributed by atoms with van der Waals surface area (Å²) in [7, 11) is 0. The second-order valence-electron chi connectivity index (χ2n) is 5.83. The highest BCUT2D eigenvalue weighted by Crippen LogP contribution is 2.24. The lowest BCUT2D eigenvalue weighted by atomic mass is 9.94. The van der Waals surface area contributed by atoms with Crippen molar-refractivity contribution in [3.05, 3.63) is 29.8 Å². The zero-order valence-electron chi connectivity index (χ0n) is 11.7. The van der Waals surface area contributed by atoms with Crippen molar-refractivity contribution in [2.45, 2.75) is 18.9 Å². The number of hydrogen-bond acceptors (Lipinski definition) is 3. The highest BCUT2D eigenvalue weighted by Gasteiger charge is 2.34. The minimum Gasteiger partial charge on any atom is -0.322 e. The van der Waals surface area contributed by atoms with Gasteiger partial charge >= 0.3 is 0 Å². The topological polar surface area (TPSA) is 44.4 Å². The molecule has 4 nitrogen and oxygen atoms in total. The average Bonchev–Trinajstić information content (AvgIpc) is 2.84. The fourth-order valence-corrected chi connectivity index (χ4v) is 3.25. The lowest BCUT2D eigenvalue weighted by molar-refractivity contribution is -0.117. The van der Waals surface area contributed by atoms with Crippen molar-refractivity contribution in [3.63, 3.8) is 0 Å². The Hall–Kier alpha value is -1.53. The summed E-state index contributed by atoms with van der Waals surface area (Å²) in [6, 6.07) is 3.61. The maximum atomic E-state index is 13.5. The third-order valence-electron chi connectivity index (χ3n) is 4.25. The number of anilines is 1. The Bertz CT molecular complexity index is 524. The van der Waals surface area contributed by atoms with E-state index < -0.39 is 11.6 Å². The van der Waals surface area contributed by atoms with E-state index in [0.717, 1.165) is 31.8 Å². The van der Waals surface area contributed by atoms with Crippen LogP contribution in [0.5, 0.6) is 0 Å². The zero-order chi connectivity index (χ0) is 14.8. The quantitative estimate of drug-likeness (QED) is 0.890. The van der Waals surface area contributed by atoms with Crippen LogP contribution in [-0.2, 0) is 4.79 Å². The molecule has 114 valence electrons. The largest absolute Gasteiger partial charge is 0.322 e. The first-order valence-corrected chi connectivity index (χ1v) is 7.32. The van der Waals surface area contributed by atoms with E-state index in [9.17, 15) is 13.6 Å². The van der Waals surface area contributed by atoms with Gasteiger partial charge in [0.15, 0.2) is 0 Å². The number of rotatable bonds is 3. The van der Waals surface area contributed by atoms with Crippen molar-refractivity contribution in [1.29, 1.82) is 0 Å². The molecule has 21 heavy (non-hydrogen) atoms. The van der Waals surface area contributed by atoms with E-state index in [-0.39, 0.29) is 18.1 Å². The monoisotopic (exact) mass is 295 g/mol. The summed E-state index contributed by atoms with van der Waals surface area (Å²) in [6.45, 7) is 3.04. The number of nitrogens with one attached hydrogen (secondary N) is 2. The Kier molecular flexibility index (Phi) is 4.17. The predicted octanol–water partition coefficient (Wildman–Crippen LogP) is 1.59. The molecule has 2 N–H and O–H groups in total. The molecule has 2 fully saturated rings. The van der Waals surface area contributed by atoms with Crippen LogP contribution in [0.4, 0.5) is 14.5 Å². The second-order valence-corrected chi connectivity index (χ2v) is 5.83. The Balaban J connectivity index is 1.55. The van der Waals surface area contributed by atoms with Crippen LogP contribution >= 0.6 is 0 Å². The van der Waals surface area contributed by atoms with Gasteiger partial charge in [-0.1, -0.05) is 0 Å². The van der Waals surface area contributed by atoms with Gasteiger partial charge in [-0.2, -0.15) is 0 Å². The molecule has 0 bridgehead atoms. The van der Waals surface area contributed by atoms with Crippen LogP contribution in [0.25, 0.3) is 0 Å². The lowest BCUT2D eigenvalue weighted by Gasteiger charge is -2.24. The number of carbonyl (C=O) groups excluding carboxylic acids is 1. The molecule has 1 aromatic carbocycles. The van der Waals surface area contributed by atoms with Crippen LogP contribution < -0.4 is 10.6 Å². The van der Waals surface area contributed by atoms with E-state index in [1.807, 2.05) is 0 Å². The molecule has 0 unspecified atom stereocenters. The van der Waals surface area contributed by atoms with E-state index in [2.05, 4.69) is 15.5 Å². The summed E-state index contributed by atoms with van der Waals surface area (Å²) in [4.78, 5) is 14.1. The number of hydrogen-bond donors (Lipinski definition) is 2. The minimum atomic E-state index is -0.750. The van der Waals surface area contributed by atoms with E-state index in [0.29, 0.717) is 12.0 Å². The number of likely N-dealkylation sites (tertiary alicyclic amines) is 1. The van der Waals surface area contributed by atoms with Gasteiger partial charge in [-0.15, -0.1) is 0 Å². The van der Waals surface area contributed by atoms with Gasteiger partial charge in [0.25, 0.3) is 0 Å². The molecule has 0 aromatic heterocycles. The van der Waals surface area contributed by atoms with Crippen LogP contribution in [-0.4, -0.2) is 43.0 Å². The van der Waals surface area contributed by atoms with Crippen LogP contribution in [0.1, 0.15) is 12.8 Å². The number of carbonyl (C=O) groups is 1. The molecule has 2 aliphatic rings. The normalized spacial score (nSPS) is 25.6. The fraction of sp³-hybridized carbons (Fsp3) is 0.533. The average molecular weight is 295 g/mol. The fourth-order valence-electron chi connectivity index (χ4n) is 3.25. The minimum absolute atomic E-state index is 0.0242. The standard InChI is InChI=1S/C15H19F2N3O/c16-11-3-4-13(12(17)6-11)19-15(21)9-20-7-10-2-1-5-18-14(10)8-20/h3-4,6,10,14,18H,1-2,5,7-9H2,(H,19,21)/t10-,14+/m0/s1. The molecule has 3 rings (SSSR count).